The van der Waals surface area contributed by atoms with E-state index in [2.05, 4.69) is 41.2 Å². The quantitative estimate of drug-likeness (QED) is 0.755. The maximum Gasteiger partial charge on any atom is 0.255 e. The standard InChI is InChI=1S/C23H26N4O/c1-18-17-20(7-10-22(18)27-15-13-25(2)14-16-27)24-23(28)19-5-8-21(9-6-19)26-11-3-4-12-26/h3-12,17H,13-16H2,1-2H3,(H,24,28). The van der Waals surface area contributed by atoms with Gasteiger partial charge in [0.15, 0.2) is 0 Å². The summed E-state index contributed by atoms with van der Waals surface area (Å²) in [4.78, 5) is 17.4. The second kappa shape index (κ2) is 7.90. The number of likely N-dealkylation sites (N-methyl/N-ethyl adjacent to an activating group) is 1. The number of nitrogens with one attached hydrogen (secondary N) is 1. The zero-order valence-electron chi connectivity index (χ0n) is 16.4. The molecule has 1 N–H and O–H groups in total. The van der Waals surface area contributed by atoms with Gasteiger partial charge in [0, 0.05) is 61.2 Å². The molecule has 144 valence electrons. The minimum atomic E-state index is -0.0918. The van der Waals surface area contributed by atoms with Gasteiger partial charge < -0.3 is 19.7 Å². The number of benzene rings is 2. The van der Waals surface area contributed by atoms with E-state index in [1.165, 1.54) is 11.3 Å². The fraction of sp³-hybridized carbons (Fsp3) is 0.261. The molecule has 4 rings (SSSR count). The molecule has 5 nitrogen and oxygen atoms in total. The van der Waals surface area contributed by atoms with E-state index in [0.717, 1.165) is 37.6 Å². The van der Waals surface area contributed by atoms with Crippen LogP contribution < -0.4 is 10.2 Å². The van der Waals surface area contributed by atoms with Crippen molar-refractivity contribution in [2.24, 2.45) is 0 Å². The van der Waals surface area contributed by atoms with Crippen LogP contribution in [0.3, 0.4) is 0 Å². The van der Waals surface area contributed by atoms with E-state index in [9.17, 15) is 4.79 Å². The number of amides is 1. The SMILES string of the molecule is Cc1cc(NC(=O)c2ccc(-n3cccc3)cc2)ccc1N1CCN(C)CC1. The Balaban J connectivity index is 1.43. The Morgan fingerprint density at radius 1 is 0.929 bits per heavy atom. The Hall–Kier alpha value is -3.05. The minimum absolute atomic E-state index is 0.0918. The summed E-state index contributed by atoms with van der Waals surface area (Å²) in [7, 11) is 2.16. The van der Waals surface area contributed by atoms with Crippen molar-refractivity contribution in [3.8, 4) is 5.69 Å². The lowest BCUT2D eigenvalue weighted by Crippen LogP contribution is -2.44. The van der Waals surface area contributed by atoms with Crippen molar-refractivity contribution in [3.05, 3.63) is 78.1 Å². The van der Waals surface area contributed by atoms with Crippen LogP contribution in [0.4, 0.5) is 11.4 Å². The van der Waals surface area contributed by atoms with Gasteiger partial charge in [0.1, 0.15) is 0 Å². The highest BCUT2D eigenvalue weighted by atomic mass is 16.1. The average molecular weight is 374 g/mol. The molecule has 28 heavy (non-hydrogen) atoms. The van der Waals surface area contributed by atoms with Crippen LogP contribution in [0, 0.1) is 6.92 Å². The molecule has 0 unspecified atom stereocenters. The number of anilines is 2. The molecule has 0 spiro atoms. The first-order valence-electron chi connectivity index (χ1n) is 9.69. The van der Waals surface area contributed by atoms with E-state index in [1.807, 2.05) is 59.4 Å². The molecule has 1 aliphatic rings. The number of aromatic nitrogens is 1. The van der Waals surface area contributed by atoms with Crippen molar-refractivity contribution in [2.75, 3.05) is 43.4 Å². The third kappa shape index (κ3) is 3.94. The highest BCUT2D eigenvalue weighted by molar-refractivity contribution is 6.04. The molecular weight excluding hydrogens is 348 g/mol. The summed E-state index contributed by atoms with van der Waals surface area (Å²) in [5.74, 6) is -0.0918. The number of carbonyl (C=O) groups is 1. The average Bonchev–Trinajstić information content (AvgIpc) is 3.24. The summed E-state index contributed by atoms with van der Waals surface area (Å²) in [6, 6.07) is 17.8. The van der Waals surface area contributed by atoms with Crippen molar-refractivity contribution >= 4 is 17.3 Å². The zero-order chi connectivity index (χ0) is 19.5. The number of rotatable bonds is 4. The number of nitrogens with zero attached hydrogens (tertiary/aromatic N) is 3. The van der Waals surface area contributed by atoms with Crippen LogP contribution in [0.1, 0.15) is 15.9 Å². The molecule has 1 aliphatic heterocycles. The number of carbonyl (C=O) groups excluding carboxylic acids is 1. The van der Waals surface area contributed by atoms with Crippen LogP contribution in [0.15, 0.2) is 67.0 Å². The normalized spacial score (nSPS) is 14.9. The van der Waals surface area contributed by atoms with Crippen molar-refractivity contribution < 1.29 is 4.79 Å². The Morgan fingerprint density at radius 3 is 2.25 bits per heavy atom. The highest BCUT2D eigenvalue weighted by Gasteiger charge is 2.16. The van der Waals surface area contributed by atoms with Gasteiger partial charge in [-0.1, -0.05) is 0 Å². The number of piperazine rings is 1. The second-order valence-electron chi connectivity index (χ2n) is 7.38. The molecule has 2 aromatic carbocycles. The summed E-state index contributed by atoms with van der Waals surface area (Å²) < 4.78 is 2.02. The molecule has 0 radical (unpaired) electrons. The molecule has 1 aromatic heterocycles. The van der Waals surface area contributed by atoms with Gasteiger partial charge >= 0.3 is 0 Å². The minimum Gasteiger partial charge on any atom is -0.369 e. The molecule has 0 saturated carbocycles. The van der Waals surface area contributed by atoms with E-state index >= 15 is 0 Å². The molecule has 3 aromatic rings. The lowest BCUT2D eigenvalue weighted by Gasteiger charge is -2.35. The smallest absolute Gasteiger partial charge is 0.255 e. The van der Waals surface area contributed by atoms with Crippen molar-refractivity contribution in [1.29, 1.82) is 0 Å². The lowest BCUT2D eigenvalue weighted by atomic mass is 10.1. The summed E-state index contributed by atoms with van der Waals surface area (Å²) in [6.07, 6.45) is 3.97. The van der Waals surface area contributed by atoms with E-state index in [4.69, 9.17) is 0 Å². The van der Waals surface area contributed by atoms with Gasteiger partial charge in [-0.15, -0.1) is 0 Å². The molecular formula is C23H26N4O. The Morgan fingerprint density at radius 2 is 1.61 bits per heavy atom. The van der Waals surface area contributed by atoms with Gasteiger partial charge in [0.05, 0.1) is 0 Å². The fourth-order valence-electron chi connectivity index (χ4n) is 3.63. The van der Waals surface area contributed by atoms with Crippen LogP contribution in [-0.4, -0.2) is 48.6 Å². The Bertz CT molecular complexity index is 939. The Kier molecular flexibility index (Phi) is 5.17. The van der Waals surface area contributed by atoms with Crippen molar-refractivity contribution in [3.63, 3.8) is 0 Å². The van der Waals surface area contributed by atoms with Crippen LogP contribution in [0.25, 0.3) is 5.69 Å². The van der Waals surface area contributed by atoms with E-state index < -0.39 is 0 Å². The fourth-order valence-corrected chi connectivity index (χ4v) is 3.63. The van der Waals surface area contributed by atoms with Gasteiger partial charge in [0.25, 0.3) is 5.91 Å². The topological polar surface area (TPSA) is 40.5 Å². The van der Waals surface area contributed by atoms with Crippen LogP contribution in [0.5, 0.6) is 0 Å². The van der Waals surface area contributed by atoms with E-state index in [1.54, 1.807) is 0 Å². The second-order valence-corrected chi connectivity index (χ2v) is 7.38. The van der Waals surface area contributed by atoms with Gasteiger partial charge in [-0.05, 0) is 74.1 Å². The summed E-state index contributed by atoms with van der Waals surface area (Å²) in [6.45, 7) is 6.34. The maximum absolute atomic E-state index is 12.6. The lowest BCUT2D eigenvalue weighted by molar-refractivity contribution is 0.102. The monoisotopic (exact) mass is 374 g/mol. The molecule has 0 atom stereocenters. The van der Waals surface area contributed by atoms with Crippen LogP contribution in [0.2, 0.25) is 0 Å². The predicted molar refractivity (Wildman–Crippen MR) is 115 cm³/mol. The van der Waals surface area contributed by atoms with Gasteiger partial charge in [-0.2, -0.15) is 0 Å². The summed E-state index contributed by atoms with van der Waals surface area (Å²) in [5, 5.41) is 3.02. The van der Waals surface area contributed by atoms with Gasteiger partial charge in [-0.25, -0.2) is 0 Å². The molecule has 0 aliphatic carbocycles. The first kappa shape index (κ1) is 18.3. The molecule has 0 bridgehead atoms. The summed E-state index contributed by atoms with van der Waals surface area (Å²) in [5.41, 5.74) is 4.95. The largest absolute Gasteiger partial charge is 0.369 e. The molecule has 2 heterocycles. The first-order chi connectivity index (χ1) is 13.6. The first-order valence-corrected chi connectivity index (χ1v) is 9.69. The van der Waals surface area contributed by atoms with Crippen molar-refractivity contribution in [2.45, 2.75) is 6.92 Å². The number of aryl methyl sites for hydroxylation is 1. The zero-order valence-corrected chi connectivity index (χ0v) is 16.4. The summed E-state index contributed by atoms with van der Waals surface area (Å²) >= 11 is 0. The molecule has 1 saturated heterocycles. The van der Waals surface area contributed by atoms with E-state index in [0.29, 0.717) is 5.56 Å². The van der Waals surface area contributed by atoms with Gasteiger partial charge in [0.2, 0.25) is 0 Å². The van der Waals surface area contributed by atoms with Crippen LogP contribution in [-0.2, 0) is 0 Å². The predicted octanol–water partition coefficient (Wildman–Crippen LogP) is 3.79. The molecule has 1 fully saturated rings. The number of hydrogen-bond donors (Lipinski definition) is 1. The molecule has 1 amide bonds. The highest BCUT2D eigenvalue weighted by Crippen LogP contribution is 2.25. The van der Waals surface area contributed by atoms with Crippen molar-refractivity contribution in [1.82, 2.24) is 9.47 Å². The van der Waals surface area contributed by atoms with Crippen LogP contribution >= 0.6 is 0 Å². The number of hydrogen-bond acceptors (Lipinski definition) is 3. The van der Waals surface area contributed by atoms with E-state index in [-0.39, 0.29) is 5.91 Å². The maximum atomic E-state index is 12.6. The third-order valence-corrected chi connectivity index (χ3v) is 5.33. The Labute approximate surface area is 166 Å². The third-order valence-electron chi connectivity index (χ3n) is 5.33. The van der Waals surface area contributed by atoms with Gasteiger partial charge in [-0.3, -0.25) is 4.79 Å². The molecule has 5 heteroatoms.